The number of hydrogen-bond acceptors (Lipinski definition) is 5. The maximum atomic E-state index is 13.7. The van der Waals surface area contributed by atoms with Crippen LogP contribution in [0.4, 0.5) is 4.39 Å². The number of alkyl halides is 1. The van der Waals surface area contributed by atoms with Gasteiger partial charge in [-0.05, 0) is 12.1 Å². The van der Waals surface area contributed by atoms with Crippen LogP contribution in [0.5, 0.6) is 0 Å². The monoisotopic (exact) mass is 256 g/mol. The lowest BCUT2D eigenvalue weighted by Gasteiger charge is -2.16. The van der Waals surface area contributed by atoms with E-state index in [1.165, 1.54) is 12.1 Å². The Bertz CT molecular complexity index is 410. The lowest BCUT2D eigenvalue weighted by Crippen LogP contribution is -2.35. The molecule has 1 aliphatic heterocycles. The fourth-order valence-electron chi connectivity index (χ4n) is 1.73. The Kier molecular flexibility index (Phi) is 3.90. The highest BCUT2D eigenvalue weighted by Gasteiger charge is 2.46. The normalized spacial score (nSPS) is 31.3. The molecule has 6 heteroatoms. The molecule has 0 saturated carbocycles. The first-order valence-corrected chi connectivity index (χ1v) is 5.48. The van der Waals surface area contributed by atoms with Crippen LogP contribution in [-0.2, 0) is 9.47 Å². The van der Waals surface area contributed by atoms with Gasteiger partial charge in [-0.15, -0.1) is 0 Å². The molecule has 0 aromatic heterocycles. The average Bonchev–Trinajstić information content (AvgIpc) is 2.67. The summed E-state index contributed by atoms with van der Waals surface area (Å²) < 4.78 is 23.2. The maximum Gasteiger partial charge on any atom is 0.338 e. The highest BCUT2D eigenvalue weighted by atomic mass is 19.1. The lowest BCUT2D eigenvalue weighted by atomic mass is 10.1. The SMILES string of the molecule is O=C(O[C@@H]1[C@H](F)[C@@H](CO)O[C@@H]1O)c1ccccc1. The van der Waals surface area contributed by atoms with Gasteiger partial charge in [-0.1, -0.05) is 18.2 Å². The first kappa shape index (κ1) is 12.9. The second-order valence-electron chi connectivity index (χ2n) is 3.93. The Morgan fingerprint density at radius 3 is 2.61 bits per heavy atom. The summed E-state index contributed by atoms with van der Waals surface area (Å²) in [4.78, 5) is 11.7. The van der Waals surface area contributed by atoms with Crippen LogP contribution >= 0.6 is 0 Å². The van der Waals surface area contributed by atoms with Crippen molar-refractivity contribution in [2.45, 2.75) is 24.7 Å². The van der Waals surface area contributed by atoms with Gasteiger partial charge in [0.15, 0.2) is 18.6 Å². The number of carbonyl (C=O) groups excluding carboxylic acids is 1. The Morgan fingerprint density at radius 2 is 2.06 bits per heavy atom. The molecule has 0 amide bonds. The molecule has 2 rings (SSSR count). The van der Waals surface area contributed by atoms with Gasteiger partial charge < -0.3 is 19.7 Å². The summed E-state index contributed by atoms with van der Waals surface area (Å²) in [6.07, 6.45) is -5.91. The molecular formula is C12H13FO5. The number of benzene rings is 1. The van der Waals surface area contributed by atoms with Crippen LogP contribution in [0.3, 0.4) is 0 Å². The molecule has 1 heterocycles. The van der Waals surface area contributed by atoms with E-state index >= 15 is 0 Å². The van der Waals surface area contributed by atoms with Crippen molar-refractivity contribution in [1.29, 1.82) is 0 Å². The van der Waals surface area contributed by atoms with E-state index in [0.717, 1.165) is 0 Å². The smallest absolute Gasteiger partial charge is 0.338 e. The Balaban J connectivity index is 2.04. The van der Waals surface area contributed by atoms with Crippen molar-refractivity contribution in [2.24, 2.45) is 0 Å². The summed E-state index contributed by atoms with van der Waals surface area (Å²) in [5.41, 5.74) is 0.254. The standard InChI is InChI=1S/C12H13FO5/c13-9-8(6-14)17-12(16)10(9)18-11(15)7-4-2-1-3-5-7/h1-5,8-10,12,14,16H,6H2/t8-,9-,10-,12+/m1/s1. The van der Waals surface area contributed by atoms with Gasteiger partial charge in [-0.2, -0.15) is 0 Å². The van der Waals surface area contributed by atoms with E-state index in [4.69, 9.17) is 14.6 Å². The van der Waals surface area contributed by atoms with Gasteiger partial charge in [0.1, 0.15) is 6.10 Å². The van der Waals surface area contributed by atoms with Gasteiger partial charge >= 0.3 is 5.97 Å². The van der Waals surface area contributed by atoms with Crippen molar-refractivity contribution in [3.63, 3.8) is 0 Å². The van der Waals surface area contributed by atoms with Crippen LogP contribution < -0.4 is 0 Å². The Hall–Kier alpha value is -1.50. The first-order chi connectivity index (χ1) is 8.63. The zero-order valence-electron chi connectivity index (χ0n) is 9.40. The highest BCUT2D eigenvalue weighted by Crippen LogP contribution is 2.25. The van der Waals surface area contributed by atoms with Gasteiger partial charge in [-0.3, -0.25) is 0 Å². The zero-order valence-corrected chi connectivity index (χ0v) is 9.40. The molecule has 1 fully saturated rings. The molecule has 0 aliphatic carbocycles. The number of esters is 1. The fraction of sp³-hybridized carbons (Fsp3) is 0.417. The van der Waals surface area contributed by atoms with Crippen LogP contribution in [0.25, 0.3) is 0 Å². The molecule has 1 saturated heterocycles. The molecule has 2 N–H and O–H groups in total. The van der Waals surface area contributed by atoms with Crippen LogP contribution in [0.15, 0.2) is 30.3 Å². The molecule has 4 atom stereocenters. The van der Waals surface area contributed by atoms with Crippen molar-refractivity contribution < 1.29 is 28.9 Å². The molecule has 0 unspecified atom stereocenters. The summed E-state index contributed by atoms with van der Waals surface area (Å²) in [6.45, 7) is -0.586. The van der Waals surface area contributed by atoms with E-state index in [2.05, 4.69) is 0 Å². The third-order valence-corrected chi connectivity index (χ3v) is 2.70. The minimum Gasteiger partial charge on any atom is -0.450 e. The summed E-state index contributed by atoms with van der Waals surface area (Å²) in [6, 6.07) is 8.04. The number of ether oxygens (including phenoxy) is 2. The number of hydrogen-bond donors (Lipinski definition) is 2. The van der Waals surface area contributed by atoms with Crippen LogP contribution in [0, 0.1) is 0 Å². The number of aliphatic hydroxyl groups is 2. The molecule has 0 spiro atoms. The molecular weight excluding hydrogens is 243 g/mol. The number of aliphatic hydroxyl groups excluding tert-OH is 2. The van der Waals surface area contributed by atoms with E-state index in [-0.39, 0.29) is 5.56 Å². The van der Waals surface area contributed by atoms with E-state index in [1.54, 1.807) is 18.2 Å². The Labute approximate surface area is 103 Å². The van der Waals surface area contributed by atoms with Gasteiger partial charge in [0.05, 0.1) is 12.2 Å². The molecule has 1 aromatic rings. The van der Waals surface area contributed by atoms with Crippen LogP contribution in [0.2, 0.25) is 0 Å². The summed E-state index contributed by atoms with van der Waals surface area (Å²) in [7, 11) is 0. The Morgan fingerprint density at radius 1 is 1.39 bits per heavy atom. The lowest BCUT2D eigenvalue weighted by molar-refractivity contribution is -0.135. The van der Waals surface area contributed by atoms with Crippen LogP contribution in [-0.4, -0.2) is 47.5 Å². The quantitative estimate of drug-likeness (QED) is 0.759. The molecule has 5 nitrogen and oxygen atoms in total. The van der Waals surface area contributed by atoms with Gasteiger partial charge in [0, 0.05) is 0 Å². The molecule has 1 aliphatic rings. The van der Waals surface area contributed by atoms with Crippen molar-refractivity contribution in [3.05, 3.63) is 35.9 Å². The van der Waals surface area contributed by atoms with Crippen molar-refractivity contribution >= 4 is 5.97 Å². The predicted molar refractivity (Wildman–Crippen MR) is 58.5 cm³/mol. The average molecular weight is 256 g/mol. The van der Waals surface area contributed by atoms with E-state index in [0.29, 0.717) is 0 Å². The second-order valence-corrected chi connectivity index (χ2v) is 3.93. The first-order valence-electron chi connectivity index (χ1n) is 5.48. The van der Waals surface area contributed by atoms with Gasteiger partial charge in [0.25, 0.3) is 0 Å². The molecule has 98 valence electrons. The predicted octanol–water partition coefficient (Wildman–Crippen LogP) is 0.260. The minimum atomic E-state index is -1.75. The van der Waals surface area contributed by atoms with E-state index in [9.17, 15) is 14.3 Å². The highest BCUT2D eigenvalue weighted by molar-refractivity contribution is 5.89. The fourth-order valence-corrected chi connectivity index (χ4v) is 1.73. The van der Waals surface area contributed by atoms with Crippen molar-refractivity contribution in [3.8, 4) is 0 Å². The third-order valence-electron chi connectivity index (χ3n) is 2.70. The number of carbonyl (C=O) groups is 1. The number of rotatable bonds is 3. The zero-order chi connectivity index (χ0) is 13.1. The van der Waals surface area contributed by atoms with Gasteiger partial charge in [-0.25, -0.2) is 9.18 Å². The largest absolute Gasteiger partial charge is 0.450 e. The molecule has 0 radical (unpaired) electrons. The molecule has 0 bridgehead atoms. The van der Waals surface area contributed by atoms with E-state index < -0.39 is 37.2 Å². The maximum absolute atomic E-state index is 13.7. The molecule has 1 aromatic carbocycles. The van der Waals surface area contributed by atoms with Crippen molar-refractivity contribution in [2.75, 3.05) is 6.61 Å². The van der Waals surface area contributed by atoms with E-state index in [1.807, 2.05) is 0 Å². The topological polar surface area (TPSA) is 76.0 Å². The minimum absolute atomic E-state index is 0.254. The van der Waals surface area contributed by atoms with Crippen LogP contribution in [0.1, 0.15) is 10.4 Å². The summed E-state index contributed by atoms with van der Waals surface area (Å²) in [5, 5.41) is 18.2. The van der Waals surface area contributed by atoms with Gasteiger partial charge in [0.2, 0.25) is 0 Å². The second kappa shape index (κ2) is 5.43. The van der Waals surface area contributed by atoms with Crippen molar-refractivity contribution in [1.82, 2.24) is 0 Å². The molecule has 18 heavy (non-hydrogen) atoms. The number of halogens is 1. The summed E-state index contributed by atoms with van der Waals surface area (Å²) >= 11 is 0. The summed E-state index contributed by atoms with van der Waals surface area (Å²) in [5.74, 6) is -0.746. The third kappa shape index (κ3) is 2.50.